The van der Waals surface area contributed by atoms with E-state index in [4.69, 9.17) is 16.3 Å². The Morgan fingerprint density at radius 2 is 1.74 bits per heavy atom. The highest BCUT2D eigenvalue weighted by Gasteiger charge is 2.30. The minimum atomic E-state index is -3.61. The molecule has 0 aliphatic carbocycles. The number of carbonyl (C=O) groups excluding carboxylic acids is 1. The van der Waals surface area contributed by atoms with E-state index in [1.54, 1.807) is 40.4 Å². The van der Waals surface area contributed by atoms with Crippen molar-refractivity contribution in [3.8, 4) is 0 Å². The average molecular weight is 463 g/mol. The van der Waals surface area contributed by atoms with E-state index in [0.717, 1.165) is 24.8 Å². The summed E-state index contributed by atoms with van der Waals surface area (Å²) in [6.45, 7) is 4.13. The molecule has 2 fully saturated rings. The average Bonchev–Trinajstić information content (AvgIpc) is 2.80. The highest BCUT2D eigenvalue weighted by molar-refractivity contribution is 7.89. The molecule has 8 heteroatoms. The quantitative estimate of drug-likeness (QED) is 0.687. The molecule has 2 aliphatic heterocycles. The number of morpholine rings is 1. The molecule has 6 nitrogen and oxygen atoms in total. The van der Waals surface area contributed by atoms with E-state index in [2.05, 4.69) is 0 Å². The van der Waals surface area contributed by atoms with Crippen LogP contribution in [-0.2, 0) is 14.8 Å². The number of nitrogens with zero attached hydrogens (tertiary/aromatic N) is 2. The number of rotatable bonds is 4. The number of aryl methyl sites for hydroxylation is 1. The van der Waals surface area contributed by atoms with Crippen LogP contribution in [0, 0.1) is 6.92 Å². The van der Waals surface area contributed by atoms with Gasteiger partial charge in [-0.2, -0.15) is 4.31 Å². The van der Waals surface area contributed by atoms with Crippen molar-refractivity contribution in [3.05, 3.63) is 64.2 Å². The van der Waals surface area contributed by atoms with Gasteiger partial charge < -0.3 is 9.64 Å². The molecular weight excluding hydrogens is 436 g/mol. The minimum absolute atomic E-state index is 0.183. The number of hydrogen-bond donors (Lipinski definition) is 0. The van der Waals surface area contributed by atoms with Crippen LogP contribution >= 0.6 is 11.6 Å². The Bertz CT molecular complexity index is 1050. The molecule has 2 aliphatic rings. The highest BCUT2D eigenvalue weighted by atomic mass is 35.5. The fourth-order valence-electron chi connectivity index (χ4n) is 4.15. The summed E-state index contributed by atoms with van der Waals surface area (Å²) >= 11 is 5.97. The lowest BCUT2D eigenvalue weighted by molar-refractivity contribution is -0.0228. The molecule has 31 heavy (non-hydrogen) atoms. The van der Waals surface area contributed by atoms with E-state index >= 15 is 0 Å². The molecule has 0 aromatic heterocycles. The molecule has 0 spiro atoms. The van der Waals surface area contributed by atoms with Gasteiger partial charge in [-0.05, 0) is 55.2 Å². The molecule has 1 unspecified atom stereocenters. The van der Waals surface area contributed by atoms with Gasteiger partial charge in [0.25, 0.3) is 5.91 Å². The molecule has 0 bridgehead atoms. The van der Waals surface area contributed by atoms with Crippen LogP contribution in [0.15, 0.2) is 47.4 Å². The zero-order valence-corrected chi connectivity index (χ0v) is 19.2. The number of sulfonamides is 1. The zero-order chi connectivity index (χ0) is 22.0. The molecular formula is C23H27ClN2O4S. The second-order valence-electron chi connectivity index (χ2n) is 8.11. The first kappa shape index (κ1) is 22.3. The van der Waals surface area contributed by atoms with Gasteiger partial charge in [0.15, 0.2) is 0 Å². The van der Waals surface area contributed by atoms with Crippen molar-refractivity contribution in [2.75, 3.05) is 32.8 Å². The summed E-state index contributed by atoms with van der Waals surface area (Å²) in [6.07, 6.45) is 2.56. The third-order valence-corrected chi connectivity index (χ3v) is 8.26. The molecule has 2 aromatic rings. The van der Waals surface area contributed by atoms with Gasteiger partial charge in [0.1, 0.15) is 6.10 Å². The summed E-state index contributed by atoms with van der Waals surface area (Å²) in [5.41, 5.74) is 2.00. The first-order valence-electron chi connectivity index (χ1n) is 10.6. The van der Waals surface area contributed by atoms with Crippen LogP contribution < -0.4 is 0 Å². The van der Waals surface area contributed by atoms with Crippen molar-refractivity contribution in [3.63, 3.8) is 0 Å². The third-order valence-electron chi connectivity index (χ3n) is 5.96. The predicted molar refractivity (Wildman–Crippen MR) is 120 cm³/mol. The molecule has 2 heterocycles. The number of piperidine rings is 1. The normalized spacial score (nSPS) is 20.6. The highest BCUT2D eigenvalue weighted by Crippen LogP contribution is 2.27. The second kappa shape index (κ2) is 9.28. The van der Waals surface area contributed by atoms with Crippen LogP contribution in [0.3, 0.4) is 0 Å². The van der Waals surface area contributed by atoms with Crippen molar-refractivity contribution < 1.29 is 17.9 Å². The first-order valence-corrected chi connectivity index (χ1v) is 12.5. The van der Waals surface area contributed by atoms with Crippen molar-refractivity contribution in [2.24, 2.45) is 0 Å². The molecule has 2 aromatic carbocycles. The van der Waals surface area contributed by atoms with E-state index in [1.165, 1.54) is 6.07 Å². The molecule has 166 valence electrons. The van der Waals surface area contributed by atoms with Crippen LogP contribution in [0.2, 0.25) is 5.02 Å². The van der Waals surface area contributed by atoms with Gasteiger partial charge in [0, 0.05) is 30.2 Å². The summed E-state index contributed by atoms with van der Waals surface area (Å²) in [5, 5.41) is 0.648. The molecule has 1 amide bonds. The molecule has 4 rings (SSSR count). The molecule has 1 atom stereocenters. The number of carbonyl (C=O) groups is 1. The van der Waals surface area contributed by atoms with Gasteiger partial charge in [-0.25, -0.2) is 8.42 Å². The topological polar surface area (TPSA) is 66.9 Å². The van der Waals surface area contributed by atoms with Crippen molar-refractivity contribution in [1.82, 2.24) is 9.21 Å². The Kier molecular flexibility index (Phi) is 6.67. The van der Waals surface area contributed by atoms with Crippen molar-refractivity contribution in [2.45, 2.75) is 37.2 Å². The van der Waals surface area contributed by atoms with Gasteiger partial charge in [0.05, 0.1) is 18.0 Å². The lowest BCUT2D eigenvalue weighted by Crippen LogP contribution is -2.42. The minimum Gasteiger partial charge on any atom is -0.370 e. The summed E-state index contributed by atoms with van der Waals surface area (Å²) in [4.78, 5) is 15.2. The van der Waals surface area contributed by atoms with Gasteiger partial charge in [-0.1, -0.05) is 36.2 Å². The summed E-state index contributed by atoms with van der Waals surface area (Å²) in [7, 11) is -3.61. The lowest BCUT2D eigenvalue weighted by Gasteiger charge is -2.33. The predicted octanol–water partition coefficient (Wildman–Crippen LogP) is 4.04. The van der Waals surface area contributed by atoms with Crippen LogP contribution in [0.5, 0.6) is 0 Å². The van der Waals surface area contributed by atoms with Crippen LogP contribution in [0.1, 0.15) is 46.9 Å². The Balaban J connectivity index is 1.56. The maximum Gasteiger partial charge on any atom is 0.254 e. The van der Waals surface area contributed by atoms with Gasteiger partial charge >= 0.3 is 0 Å². The number of ether oxygens (including phenoxy) is 1. The van der Waals surface area contributed by atoms with Crippen LogP contribution in [0.25, 0.3) is 0 Å². The maximum atomic E-state index is 13.2. The molecule has 0 radical (unpaired) electrons. The molecule has 0 saturated carbocycles. The Morgan fingerprint density at radius 1 is 1.03 bits per heavy atom. The number of benzene rings is 2. The van der Waals surface area contributed by atoms with E-state index in [-0.39, 0.29) is 16.9 Å². The Morgan fingerprint density at radius 3 is 2.45 bits per heavy atom. The number of amides is 1. The zero-order valence-electron chi connectivity index (χ0n) is 17.6. The van der Waals surface area contributed by atoms with Gasteiger partial charge in [-0.15, -0.1) is 0 Å². The van der Waals surface area contributed by atoms with Crippen molar-refractivity contribution >= 4 is 27.5 Å². The fraction of sp³-hybridized carbons (Fsp3) is 0.435. The fourth-order valence-corrected chi connectivity index (χ4v) is 6.04. The smallest absolute Gasteiger partial charge is 0.254 e. The van der Waals surface area contributed by atoms with E-state index in [1.807, 2.05) is 12.1 Å². The number of hydrogen-bond acceptors (Lipinski definition) is 4. The van der Waals surface area contributed by atoms with Gasteiger partial charge in [-0.3, -0.25) is 4.79 Å². The Labute approximate surface area is 188 Å². The summed E-state index contributed by atoms with van der Waals surface area (Å²) in [5.74, 6) is -0.183. The largest absolute Gasteiger partial charge is 0.370 e. The molecule has 0 N–H and O–H groups in total. The monoisotopic (exact) mass is 462 g/mol. The second-order valence-corrected chi connectivity index (χ2v) is 10.4. The summed E-state index contributed by atoms with van der Waals surface area (Å²) in [6, 6.07) is 12.4. The first-order chi connectivity index (χ1) is 14.9. The van der Waals surface area contributed by atoms with E-state index in [9.17, 15) is 13.2 Å². The van der Waals surface area contributed by atoms with Crippen LogP contribution in [0.4, 0.5) is 0 Å². The standard InChI is InChI=1S/C23H27ClN2O4S/c1-17-5-6-19(15-22(17)31(28,29)26-11-3-2-4-12-26)23(27)25-13-14-30-21(16-25)18-7-9-20(24)10-8-18/h5-10,15,21H,2-4,11-14,16H2,1H3. The maximum absolute atomic E-state index is 13.2. The Hall–Kier alpha value is -1.93. The van der Waals surface area contributed by atoms with E-state index in [0.29, 0.717) is 48.9 Å². The lowest BCUT2D eigenvalue weighted by atomic mass is 10.1. The third kappa shape index (κ3) is 4.80. The van der Waals surface area contributed by atoms with Crippen molar-refractivity contribution in [1.29, 1.82) is 0 Å². The van der Waals surface area contributed by atoms with E-state index < -0.39 is 10.0 Å². The SMILES string of the molecule is Cc1ccc(C(=O)N2CCOC(c3ccc(Cl)cc3)C2)cc1S(=O)(=O)N1CCCCC1. The van der Waals surface area contributed by atoms with Crippen LogP contribution in [-0.4, -0.2) is 56.3 Å². The summed E-state index contributed by atoms with van der Waals surface area (Å²) < 4.78 is 33.8. The molecule has 2 saturated heterocycles. The number of halogens is 1. The van der Waals surface area contributed by atoms with Gasteiger partial charge in [0.2, 0.25) is 10.0 Å².